The molecule has 1 N–H and O–H groups in total. The van der Waals surface area contributed by atoms with E-state index >= 15 is 0 Å². The Kier molecular flexibility index (Phi) is 5.33. The standard InChI is InChI=1S/C21H20N2O6/c24-19(22-11-14-7-8-17-18(10-14)29-13-28-17)12-27-21(26)15-4-1-2-5-16(15)23-9-3-6-20(23)25/h1-2,4-5,7-8,10H,3,6,9,11-13H2,(H,22,24). The van der Waals surface area contributed by atoms with E-state index in [2.05, 4.69) is 5.32 Å². The number of nitrogens with zero attached hydrogens (tertiary/aromatic N) is 1. The van der Waals surface area contributed by atoms with Gasteiger partial charge in [-0.3, -0.25) is 9.59 Å². The molecule has 2 aliphatic heterocycles. The molecule has 2 heterocycles. The van der Waals surface area contributed by atoms with Crippen molar-refractivity contribution in [2.24, 2.45) is 0 Å². The summed E-state index contributed by atoms with van der Waals surface area (Å²) in [5, 5.41) is 2.70. The van der Waals surface area contributed by atoms with E-state index in [0.717, 1.165) is 12.0 Å². The first-order chi connectivity index (χ1) is 14.1. The molecular formula is C21H20N2O6. The van der Waals surface area contributed by atoms with Crippen LogP contribution in [0.4, 0.5) is 5.69 Å². The SMILES string of the molecule is O=C(COC(=O)c1ccccc1N1CCCC1=O)NCc1ccc2c(c1)OCO2. The van der Waals surface area contributed by atoms with Crippen LogP contribution in [0.2, 0.25) is 0 Å². The minimum Gasteiger partial charge on any atom is -0.454 e. The molecule has 0 unspecified atom stereocenters. The topological polar surface area (TPSA) is 94.2 Å². The number of carbonyl (C=O) groups excluding carboxylic acids is 3. The van der Waals surface area contributed by atoms with Gasteiger partial charge in [-0.05, 0) is 36.2 Å². The minimum absolute atomic E-state index is 0.0216. The fourth-order valence-electron chi connectivity index (χ4n) is 3.30. The van der Waals surface area contributed by atoms with Crippen LogP contribution in [0.25, 0.3) is 0 Å². The summed E-state index contributed by atoms with van der Waals surface area (Å²) < 4.78 is 15.7. The van der Waals surface area contributed by atoms with Crippen LogP contribution in [0.15, 0.2) is 42.5 Å². The summed E-state index contributed by atoms with van der Waals surface area (Å²) in [7, 11) is 0. The Morgan fingerprint density at radius 2 is 1.93 bits per heavy atom. The second-order valence-corrected chi connectivity index (χ2v) is 6.71. The van der Waals surface area contributed by atoms with E-state index in [0.29, 0.717) is 30.2 Å². The highest BCUT2D eigenvalue weighted by molar-refractivity contribution is 6.03. The maximum Gasteiger partial charge on any atom is 0.340 e. The third-order valence-corrected chi connectivity index (χ3v) is 4.75. The van der Waals surface area contributed by atoms with Gasteiger partial charge in [0, 0.05) is 19.5 Å². The molecule has 0 atom stereocenters. The van der Waals surface area contributed by atoms with Crippen molar-refractivity contribution in [2.75, 3.05) is 24.8 Å². The number of hydrogen-bond acceptors (Lipinski definition) is 6. The molecule has 4 rings (SSSR count). The van der Waals surface area contributed by atoms with E-state index in [1.165, 1.54) is 0 Å². The van der Waals surface area contributed by atoms with Crippen LogP contribution in [-0.2, 0) is 20.9 Å². The van der Waals surface area contributed by atoms with Crippen molar-refractivity contribution in [3.05, 3.63) is 53.6 Å². The molecule has 0 aromatic heterocycles. The largest absolute Gasteiger partial charge is 0.454 e. The van der Waals surface area contributed by atoms with Crippen LogP contribution in [0.1, 0.15) is 28.8 Å². The zero-order chi connectivity index (χ0) is 20.2. The minimum atomic E-state index is -0.640. The molecule has 2 aromatic rings. The van der Waals surface area contributed by atoms with E-state index < -0.39 is 18.5 Å². The number of anilines is 1. The molecule has 0 spiro atoms. The van der Waals surface area contributed by atoms with Crippen molar-refractivity contribution in [2.45, 2.75) is 19.4 Å². The van der Waals surface area contributed by atoms with Crippen molar-refractivity contribution in [3.8, 4) is 11.5 Å². The summed E-state index contributed by atoms with van der Waals surface area (Å²) in [5.41, 5.74) is 1.62. The number of carbonyl (C=O) groups is 3. The first-order valence-electron chi connectivity index (χ1n) is 9.33. The monoisotopic (exact) mass is 396 g/mol. The number of ether oxygens (including phenoxy) is 3. The van der Waals surface area contributed by atoms with Crippen molar-refractivity contribution < 1.29 is 28.6 Å². The molecule has 8 nitrogen and oxygen atoms in total. The lowest BCUT2D eigenvalue weighted by Gasteiger charge is -2.18. The molecule has 2 amide bonds. The molecule has 2 aliphatic rings. The Hall–Kier alpha value is -3.55. The molecule has 0 saturated carbocycles. The zero-order valence-electron chi connectivity index (χ0n) is 15.7. The highest BCUT2D eigenvalue weighted by Gasteiger charge is 2.26. The highest BCUT2D eigenvalue weighted by Crippen LogP contribution is 2.32. The van der Waals surface area contributed by atoms with Gasteiger partial charge in [-0.25, -0.2) is 4.79 Å². The van der Waals surface area contributed by atoms with Crippen LogP contribution < -0.4 is 19.7 Å². The average molecular weight is 396 g/mol. The molecule has 0 aliphatic carbocycles. The second kappa shape index (κ2) is 8.22. The van der Waals surface area contributed by atoms with Crippen LogP contribution >= 0.6 is 0 Å². The van der Waals surface area contributed by atoms with E-state index in [9.17, 15) is 14.4 Å². The summed E-state index contributed by atoms with van der Waals surface area (Å²) >= 11 is 0. The van der Waals surface area contributed by atoms with Crippen molar-refractivity contribution in [1.29, 1.82) is 0 Å². The summed E-state index contributed by atoms with van der Waals surface area (Å²) in [6.45, 7) is 0.613. The maximum absolute atomic E-state index is 12.5. The summed E-state index contributed by atoms with van der Waals surface area (Å²) in [6.07, 6.45) is 1.22. The second-order valence-electron chi connectivity index (χ2n) is 6.71. The highest BCUT2D eigenvalue weighted by atomic mass is 16.7. The van der Waals surface area contributed by atoms with Gasteiger partial charge in [0.15, 0.2) is 18.1 Å². The third kappa shape index (κ3) is 4.16. The van der Waals surface area contributed by atoms with E-state index in [1.54, 1.807) is 41.3 Å². The van der Waals surface area contributed by atoms with Crippen molar-refractivity contribution in [3.63, 3.8) is 0 Å². The quantitative estimate of drug-likeness (QED) is 0.751. The molecule has 0 radical (unpaired) electrons. The molecule has 150 valence electrons. The molecule has 8 heteroatoms. The number of rotatable bonds is 6. The number of esters is 1. The number of hydrogen-bond donors (Lipinski definition) is 1. The third-order valence-electron chi connectivity index (χ3n) is 4.75. The van der Waals surface area contributed by atoms with Gasteiger partial charge in [-0.1, -0.05) is 18.2 Å². The smallest absolute Gasteiger partial charge is 0.340 e. The number of amides is 2. The first-order valence-corrected chi connectivity index (χ1v) is 9.33. The van der Waals surface area contributed by atoms with Crippen LogP contribution in [0, 0.1) is 0 Å². The fourth-order valence-corrected chi connectivity index (χ4v) is 3.30. The van der Waals surface area contributed by atoms with Gasteiger partial charge < -0.3 is 24.4 Å². The number of fused-ring (bicyclic) bond motifs is 1. The molecule has 2 aromatic carbocycles. The van der Waals surface area contributed by atoms with Gasteiger partial charge in [0.2, 0.25) is 12.7 Å². The lowest BCUT2D eigenvalue weighted by atomic mass is 10.1. The predicted molar refractivity (Wildman–Crippen MR) is 103 cm³/mol. The first kappa shape index (κ1) is 18.8. The van der Waals surface area contributed by atoms with Crippen molar-refractivity contribution in [1.82, 2.24) is 5.32 Å². The van der Waals surface area contributed by atoms with Gasteiger partial charge in [0.05, 0.1) is 11.3 Å². The van der Waals surface area contributed by atoms with E-state index in [4.69, 9.17) is 14.2 Å². The molecule has 1 saturated heterocycles. The Morgan fingerprint density at radius 1 is 1.10 bits per heavy atom. The van der Waals surface area contributed by atoms with E-state index in [-0.39, 0.29) is 24.8 Å². The predicted octanol–water partition coefficient (Wildman–Crippen LogP) is 2.02. The van der Waals surface area contributed by atoms with Gasteiger partial charge in [0.1, 0.15) is 0 Å². The van der Waals surface area contributed by atoms with Crippen LogP contribution in [0.5, 0.6) is 11.5 Å². The van der Waals surface area contributed by atoms with Crippen molar-refractivity contribution >= 4 is 23.5 Å². The lowest BCUT2D eigenvalue weighted by Crippen LogP contribution is -2.29. The maximum atomic E-state index is 12.5. The number of benzene rings is 2. The molecule has 1 fully saturated rings. The Morgan fingerprint density at radius 3 is 2.76 bits per heavy atom. The molecule has 29 heavy (non-hydrogen) atoms. The summed E-state index contributed by atoms with van der Waals surface area (Å²) in [5.74, 6) is 0.219. The van der Waals surface area contributed by atoms with Gasteiger partial charge in [0.25, 0.3) is 5.91 Å². The summed E-state index contributed by atoms with van der Waals surface area (Å²) in [6, 6.07) is 12.1. The Labute approximate surface area is 167 Å². The normalized spacial score (nSPS) is 14.8. The Bertz CT molecular complexity index is 958. The zero-order valence-corrected chi connectivity index (χ0v) is 15.7. The van der Waals surface area contributed by atoms with E-state index in [1.807, 2.05) is 6.07 Å². The molecular weight excluding hydrogens is 376 g/mol. The number of para-hydroxylation sites is 1. The van der Waals surface area contributed by atoms with Crippen LogP contribution in [-0.4, -0.2) is 37.7 Å². The fraction of sp³-hybridized carbons (Fsp3) is 0.286. The molecule has 0 bridgehead atoms. The van der Waals surface area contributed by atoms with Gasteiger partial charge >= 0.3 is 5.97 Å². The van der Waals surface area contributed by atoms with Crippen LogP contribution in [0.3, 0.4) is 0 Å². The average Bonchev–Trinajstić information content (AvgIpc) is 3.38. The van der Waals surface area contributed by atoms with Gasteiger partial charge in [-0.2, -0.15) is 0 Å². The summed E-state index contributed by atoms with van der Waals surface area (Å²) in [4.78, 5) is 38.1. The Balaban J connectivity index is 1.32. The lowest BCUT2D eigenvalue weighted by molar-refractivity contribution is -0.124. The number of nitrogens with one attached hydrogen (secondary N) is 1. The van der Waals surface area contributed by atoms with Gasteiger partial charge in [-0.15, -0.1) is 0 Å².